The molecule has 0 spiro atoms. The molecule has 0 atom stereocenters. The van der Waals surface area contributed by atoms with Crippen LogP contribution < -0.4 is 5.73 Å². The lowest BCUT2D eigenvalue weighted by atomic mass is 9.99. The zero-order valence-corrected chi connectivity index (χ0v) is 8.89. The molecule has 0 aliphatic rings. The van der Waals surface area contributed by atoms with Crippen molar-refractivity contribution in [3.63, 3.8) is 0 Å². The van der Waals surface area contributed by atoms with E-state index < -0.39 is 0 Å². The molecule has 0 radical (unpaired) electrons. The minimum Gasteiger partial charge on any atom is -0.330 e. The lowest BCUT2D eigenvalue weighted by Gasteiger charge is -2.08. The van der Waals surface area contributed by atoms with Gasteiger partial charge in [-0.3, -0.25) is 0 Å². The Bertz CT molecular complexity index is 294. The summed E-state index contributed by atoms with van der Waals surface area (Å²) in [7, 11) is 0. The van der Waals surface area contributed by atoms with E-state index in [9.17, 15) is 4.39 Å². The van der Waals surface area contributed by atoms with Crippen molar-refractivity contribution in [2.45, 2.75) is 32.6 Å². The van der Waals surface area contributed by atoms with E-state index in [0.29, 0.717) is 12.5 Å². The van der Waals surface area contributed by atoms with Gasteiger partial charge in [-0.1, -0.05) is 19.9 Å². The van der Waals surface area contributed by atoms with Crippen LogP contribution in [0.25, 0.3) is 0 Å². The van der Waals surface area contributed by atoms with Crippen molar-refractivity contribution >= 4 is 0 Å². The van der Waals surface area contributed by atoms with Crippen LogP contribution in [0.4, 0.5) is 4.39 Å². The van der Waals surface area contributed by atoms with Gasteiger partial charge < -0.3 is 5.73 Å². The van der Waals surface area contributed by atoms with Gasteiger partial charge in [0.15, 0.2) is 0 Å². The van der Waals surface area contributed by atoms with Crippen LogP contribution in [0.1, 0.15) is 37.3 Å². The number of halogens is 1. The molecule has 1 aromatic carbocycles. The molecule has 2 heteroatoms. The summed E-state index contributed by atoms with van der Waals surface area (Å²) in [5.41, 5.74) is 7.54. The summed E-state index contributed by atoms with van der Waals surface area (Å²) in [5.74, 6) is 0.241. The van der Waals surface area contributed by atoms with E-state index in [4.69, 9.17) is 5.73 Å². The van der Waals surface area contributed by atoms with Gasteiger partial charge in [-0.25, -0.2) is 4.39 Å². The first kappa shape index (κ1) is 11.2. The van der Waals surface area contributed by atoms with Crippen molar-refractivity contribution in [1.29, 1.82) is 0 Å². The number of hydrogen-bond acceptors (Lipinski definition) is 1. The minimum absolute atomic E-state index is 0.136. The number of aryl methyl sites for hydroxylation is 1. The fraction of sp³-hybridized carbons (Fsp3) is 0.500. The molecule has 1 nitrogen and oxygen atoms in total. The highest BCUT2D eigenvalue weighted by molar-refractivity contribution is 5.26. The van der Waals surface area contributed by atoms with Crippen LogP contribution in [-0.2, 0) is 6.42 Å². The molecule has 1 rings (SSSR count). The van der Waals surface area contributed by atoms with Gasteiger partial charge in [-0.2, -0.15) is 0 Å². The molecule has 0 saturated carbocycles. The lowest BCUT2D eigenvalue weighted by molar-refractivity contribution is 0.619. The van der Waals surface area contributed by atoms with E-state index in [2.05, 4.69) is 19.9 Å². The van der Waals surface area contributed by atoms with E-state index in [1.807, 2.05) is 0 Å². The van der Waals surface area contributed by atoms with Crippen LogP contribution in [0.5, 0.6) is 0 Å². The maximum Gasteiger partial charge on any atom is 0.123 e. The Labute approximate surface area is 85.1 Å². The largest absolute Gasteiger partial charge is 0.330 e. The molecule has 0 unspecified atom stereocenters. The second kappa shape index (κ2) is 5.11. The summed E-state index contributed by atoms with van der Waals surface area (Å²) < 4.78 is 13.2. The maximum absolute atomic E-state index is 13.2. The molecule has 0 aliphatic carbocycles. The number of hydrogen-bond donors (Lipinski definition) is 1. The maximum atomic E-state index is 13.2. The van der Waals surface area contributed by atoms with E-state index in [1.54, 1.807) is 12.1 Å². The van der Waals surface area contributed by atoms with Gasteiger partial charge in [0.1, 0.15) is 5.82 Å². The van der Waals surface area contributed by atoms with Crippen molar-refractivity contribution in [3.05, 3.63) is 35.1 Å². The van der Waals surface area contributed by atoms with Gasteiger partial charge >= 0.3 is 0 Å². The Kier molecular flexibility index (Phi) is 4.08. The predicted molar refractivity (Wildman–Crippen MR) is 57.9 cm³/mol. The normalized spacial score (nSPS) is 10.9. The average Bonchev–Trinajstić information content (AvgIpc) is 2.14. The van der Waals surface area contributed by atoms with Crippen molar-refractivity contribution < 1.29 is 4.39 Å². The van der Waals surface area contributed by atoms with Crippen LogP contribution >= 0.6 is 0 Å². The molecule has 0 aliphatic heterocycles. The topological polar surface area (TPSA) is 26.0 Å². The number of nitrogens with two attached hydrogens (primary N) is 1. The van der Waals surface area contributed by atoms with Crippen LogP contribution in [0.2, 0.25) is 0 Å². The molecule has 0 heterocycles. The van der Waals surface area contributed by atoms with Gasteiger partial charge in [0.05, 0.1) is 0 Å². The van der Waals surface area contributed by atoms with Crippen LogP contribution in [0.3, 0.4) is 0 Å². The molecule has 0 amide bonds. The Morgan fingerprint density at radius 1 is 1.29 bits per heavy atom. The fourth-order valence-electron chi connectivity index (χ4n) is 1.46. The third-order valence-electron chi connectivity index (χ3n) is 2.32. The first-order valence-electron chi connectivity index (χ1n) is 5.13. The predicted octanol–water partition coefficient (Wildman–Crippen LogP) is 2.84. The monoisotopic (exact) mass is 195 g/mol. The summed E-state index contributed by atoms with van der Waals surface area (Å²) >= 11 is 0. The van der Waals surface area contributed by atoms with Gasteiger partial charge in [0, 0.05) is 0 Å². The highest BCUT2D eigenvalue weighted by Crippen LogP contribution is 2.18. The molecule has 78 valence electrons. The fourth-order valence-corrected chi connectivity index (χ4v) is 1.46. The zero-order chi connectivity index (χ0) is 10.6. The van der Waals surface area contributed by atoms with Crippen LogP contribution in [0.15, 0.2) is 18.2 Å². The average molecular weight is 195 g/mol. The number of rotatable bonds is 4. The molecule has 0 bridgehead atoms. The first-order valence-corrected chi connectivity index (χ1v) is 5.13. The molecule has 2 N–H and O–H groups in total. The third-order valence-corrected chi connectivity index (χ3v) is 2.32. The summed E-state index contributed by atoms with van der Waals surface area (Å²) in [4.78, 5) is 0. The standard InChI is InChI=1S/C12H18FN/c1-9(2)11-6-10(4-3-5-14)7-12(13)8-11/h6-9H,3-5,14H2,1-2H3. The summed E-state index contributed by atoms with van der Waals surface area (Å²) in [6.07, 6.45) is 1.79. The van der Waals surface area contributed by atoms with E-state index >= 15 is 0 Å². The van der Waals surface area contributed by atoms with Crippen molar-refractivity contribution in [2.24, 2.45) is 5.73 Å². The first-order chi connectivity index (χ1) is 6.63. The van der Waals surface area contributed by atoms with Gasteiger partial charge in [-0.05, 0) is 48.6 Å². The Morgan fingerprint density at radius 2 is 2.00 bits per heavy atom. The molecule has 0 saturated heterocycles. The van der Waals surface area contributed by atoms with Crippen LogP contribution in [-0.4, -0.2) is 6.54 Å². The quantitative estimate of drug-likeness (QED) is 0.785. The van der Waals surface area contributed by atoms with E-state index in [0.717, 1.165) is 24.0 Å². The second-order valence-electron chi connectivity index (χ2n) is 3.94. The number of benzene rings is 1. The SMILES string of the molecule is CC(C)c1cc(F)cc(CCCN)c1. The molecule has 1 aromatic rings. The molecular weight excluding hydrogens is 177 g/mol. The van der Waals surface area contributed by atoms with E-state index in [-0.39, 0.29) is 5.82 Å². The van der Waals surface area contributed by atoms with Gasteiger partial charge in [0.2, 0.25) is 0 Å². The van der Waals surface area contributed by atoms with Crippen molar-refractivity contribution in [1.82, 2.24) is 0 Å². The molecule has 0 fully saturated rings. The smallest absolute Gasteiger partial charge is 0.123 e. The summed E-state index contributed by atoms with van der Waals surface area (Å²) in [6.45, 7) is 4.80. The van der Waals surface area contributed by atoms with Gasteiger partial charge in [0.25, 0.3) is 0 Å². The lowest BCUT2D eigenvalue weighted by Crippen LogP contribution is -2.01. The molecular formula is C12H18FN. The molecule has 0 aromatic heterocycles. The summed E-state index contributed by atoms with van der Waals surface area (Å²) in [5, 5.41) is 0. The highest BCUT2D eigenvalue weighted by atomic mass is 19.1. The minimum atomic E-state index is -0.136. The van der Waals surface area contributed by atoms with Gasteiger partial charge in [-0.15, -0.1) is 0 Å². The Balaban J connectivity index is 2.84. The zero-order valence-electron chi connectivity index (χ0n) is 8.89. The van der Waals surface area contributed by atoms with E-state index in [1.165, 1.54) is 0 Å². The van der Waals surface area contributed by atoms with Crippen LogP contribution in [0, 0.1) is 5.82 Å². The summed E-state index contributed by atoms with van der Waals surface area (Å²) in [6, 6.07) is 5.28. The highest BCUT2D eigenvalue weighted by Gasteiger charge is 2.03. The Morgan fingerprint density at radius 3 is 2.57 bits per heavy atom. The van der Waals surface area contributed by atoms with Crippen molar-refractivity contribution in [2.75, 3.05) is 6.54 Å². The Hall–Kier alpha value is -0.890. The second-order valence-corrected chi connectivity index (χ2v) is 3.94. The third kappa shape index (κ3) is 3.11. The molecule has 14 heavy (non-hydrogen) atoms. The van der Waals surface area contributed by atoms with Crippen molar-refractivity contribution in [3.8, 4) is 0 Å².